The van der Waals surface area contributed by atoms with Gasteiger partial charge in [0.05, 0.1) is 26.1 Å². The number of carbonyl (C=O) groups is 2. The van der Waals surface area contributed by atoms with E-state index < -0.39 is 23.5 Å². The van der Waals surface area contributed by atoms with Gasteiger partial charge < -0.3 is 23.5 Å². The van der Waals surface area contributed by atoms with E-state index in [-0.39, 0.29) is 17.2 Å². The van der Waals surface area contributed by atoms with E-state index in [9.17, 15) is 14.7 Å². The molecular formula is C21H18N2O7. The molecule has 9 nitrogen and oxygen atoms in total. The average molecular weight is 410 g/mol. The zero-order valence-electron chi connectivity index (χ0n) is 16.4. The van der Waals surface area contributed by atoms with Gasteiger partial charge in [-0.2, -0.15) is 0 Å². The molecule has 0 bridgehead atoms. The third-order valence-electron chi connectivity index (χ3n) is 4.79. The summed E-state index contributed by atoms with van der Waals surface area (Å²) in [6, 6.07) is 8.44. The van der Waals surface area contributed by atoms with Crippen LogP contribution < -0.4 is 14.4 Å². The van der Waals surface area contributed by atoms with E-state index in [1.807, 2.05) is 0 Å². The molecule has 1 N–H and O–H groups in total. The summed E-state index contributed by atoms with van der Waals surface area (Å²) in [5.41, 5.74) is 0.256. The minimum absolute atomic E-state index is 0.0191. The molecule has 1 amide bonds. The van der Waals surface area contributed by atoms with Crippen LogP contribution in [0.15, 0.2) is 62.9 Å². The van der Waals surface area contributed by atoms with Gasteiger partial charge in [-0.1, -0.05) is 5.16 Å². The van der Waals surface area contributed by atoms with Crippen LogP contribution in [0.25, 0.3) is 0 Å². The number of hydrogen-bond acceptors (Lipinski definition) is 8. The Balaban J connectivity index is 1.95. The first-order valence-corrected chi connectivity index (χ1v) is 8.96. The molecule has 154 valence electrons. The lowest BCUT2D eigenvalue weighted by atomic mass is 9.94. The van der Waals surface area contributed by atoms with E-state index in [0.29, 0.717) is 22.8 Å². The monoisotopic (exact) mass is 410 g/mol. The number of ketones is 1. The molecule has 3 aromatic rings. The molecule has 0 spiro atoms. The van der Waals surface area contributed by atoms with Crippen molar-refractivity contribution in [2.45, 2.75) is 13.0 Å². The third kappa shape index (κ3) is 3.00. The van der Waals surface area contributed by atoms with Gasteiger partial charge in [-0.3, -0.25) is 14.5 Å². The minimum atomic E-state index is -1.05. The summed E-state index contributed by atoms with van der Waals surface area (Å²) < 4.78 is 21.1. The maximum absolute atomic E-state index is 13.2. The first-order valence-electron chi connectivity index (χ1n) is 8.96. The SMILES string of the molecule is COc1ccc(OC)c([C@@H]2C(C(=O)c3ccco3)=C(O)C(=O)N2c2cc(C)on2)c1. The molecule has 9 heteroatoms. The van der Waals surface area contributed by atoms with Crippen LogP contribution in [-0.4, -0.2) is 36.2 Å². The van der Waals surface area contributed by atoms with Gasteiger partial charge in [0.2, 0.25) is 5.78 Å². The number of aromatic nitrogens is 1. The standard InChI is InChI=1S/C21H18N2O7/c1-11-9-16(22-30-11)23-18(13-10-12(27-2)6-7-14(13)28-3)17(20(25)21(23)26)19(24)15-5-4-8-29-15/h4-10,18,25H,1-3H3/t18-/m1/s1. The number of rotatable bonds is 6. The fraction of sp³-hybridized carbons (Fsp3) is 0.190. The van der Waals surface area contributed by atoms with Gasteiger partial charge in [0, 0.05) is 11.6 Å². The number of methoxy groups -OCH3 is 2. The Kier molecular flexibility index (Phi) is 4.78. The molecule has 1 aliphatic heterocycles. The predicted octanol–water partition coefficient (Wildman–Crippen LogP) is 3.38. The molecule has 4 rings (SSSR count). The van der Waals surface area contributed by atoms with E-state index in [1.54, 1.807) is 31.2 Å². The number of ether oxygens (including phenoxy) is 2. The number of aliphatic hydroxyl groups excluding tert-OH is 1. The molecule has 30 heavy (non-hydrogen) atoms. The van der Waals surface area contributed by atoms with Crippen molar-refractivity contribution in [1.82, 2.24) is 5.16 Å². The van der Waals surface area contributed by atoms with Crippen LogP contribution in [0.1, 0.15) is 27.9 Å². The number of aryl methyl sites for hydroxylation is 1. The number of hydrogen-bond donors (Lipinski definition) is 1. The molecule has 3 heterocycles. The smallest absolute Gasteiger partial charge is 0.295 e. The van der Waals surface area contributed by atoms with Crippen molar-refractivity contribution in [3.63, 3.8) is 0 Å². The van der Waals surface area contributed by atoms with E-state index in [4.69, 9.17) is 18.4 Å². The summed E-state index contributed by atoms with van der Waals surface area (Å²) in [6.07, 6.45) is 1.33. The van der Waals surface area contributed by atoms with Gasteiger partial charge >= 0.3 is 0 Å². The van der Waals surface area contributed by atoms with Crippen LogP contribution in [-0.2, 0) is 4.79 Å². The lowest BCUT2D eigenvalue weighted by Crippen LogP contribution is -2.31. The average Bonchev–Trinajstić information content (AvgIpc) is 3.48. The summed E-state index contributed by atoms with van der Waals surface area (Å²) in [6.45, 7) is 1.67. The topological polar surface area (TPSA) is 115 Å². The number of amides is 1. The van der Waals surface area contributed by atoms with Gasteiger partial charge in [0.15, 0.2) is 17.3 Å². The molecule has 0 radical (unpaired) electrons. The van der Waals surface area contributed by atoms with Crippen LogP contribution in [0, 0.1) is 6.92 Å². The van der Waals surface area contributed by atoms with Crippen LogP contribution in [0.5, 0.6) is 11.5 Å². The van der Waals surface area contributed by atoms with E-state index in [2.05, 4.69) is 5.16 Å². The van der Waals surface area contributed by atoms with Crippen molar-refractivity contribution in [1.29, 1.82) is 0 Å². The lowest BCUT2D eigenvalue weighted by Gasteiger charge is -2.26. The van der Waals surface area contributed by atoms with Crippen LogP contribution in [0.3, 0.4) is 0 Å². The van der Waals surface area contributed by atoms with Gasteiger partial charge in [-0.15, -0.1) is 0 Å². The minimum Gasteiger partial charge on any atom is -0.503 e. The molecule has 0 unspecified atom stereocenters. The summed E-state index contributed by atoms with van der Waals surface area (Å²) in [5.74, 6) is -0.692. The second-order valence-electron chi connectivity index (χ2n) is 6.55. The Morgan fingerprint density at radius 2 is 2.00 bits per heavy atom. The fourth-order valence-electron chi connectivity index (χ4n) is 3.43. The summed E-state index contributed by atoms with van der Waals surface area (Å²) in [5, 5.41) is 14.6. The van der Waals surface area contributed by atoms with Crippen molar-refractivity contribution >= 4 is 17.5 Å². The molecular weight excluding hydrogens is 392 g/mol. The molecule has 0 aliphatic carbocycles. The number of carbonyl (C=O) groups excluding carboxylic acids is 2. The summed E-state index contributed by atoms with van der Waals surface area (Å²) >= 11 is 0. The molecule has 0 saturated heterocycles. The number of aliphatic hydroxyl groups is 1. The van der Waals surface area contributed by atoms with E-state index >= 15 is 0 Å². The quantitative estimate of drug-likeness (QED) is 0.615. The third-order valence-corrected chi connectivity index (χ3v) is 4.79. The number of furan rings is 1. The molecule has 1 atom stereocenters. The molecule has 2 aromatic heterocycles. The highest BCUT2D eigenvalue weighted by molar-refractivity contribution is 6.20. The van der Waals surface area contributed by atoms with Crippen molar-refractivity contribution in [2.24, 2.45) is 0 Å². The Morgan fingerprint density at radius 1 is 1.20 bits per heavy atom. The molecule has 1 aliphatic rings. The number of nitrogens with zero attached hydrogens (tertiary/aromatic N) is 2. The van der Waals surface area contributed by atoms with Crippen LogP contribution in [0.2, 0.25) is 0 Å². The zero-order chi connectivity index (χ0) is 21.4. The summed E-state index contributed by atoms with van der Waals surface area (Å²) in [7, 11) is 2.96. The molecule has 1 aromatic carbocycles. The number of Topliss-reactive ketones (excluding diaryl/α,β-unsaturated/α-hetero) is 1. The Labute approximate surface area is 171 Å². The van der Waals surface area contributed by atoms with Gasteiger partial charge in [0.1, 0.15) is 23.3 Å². The number of anilines is 1. The second-order valence-corrected chi connectivity index (χ2v) is 6.55. The van der Waals surface area contributed by atoms with Gasteiger partial charge in [0.25, 0.3) is 5.91 Å². The number of benzene rings is 1. The van der Waals surface area contributed by atoms with E-state index in [0.717, 1.165) is 0 Å². The maximum atomic E-state index is 13.2. The normalized spacial score (nSPS) is 16.3. The highest BCUT2D eigenvalue weighted by Gasteiger charge is 2.47. The first-order chi connectivity index (χ1) is 14.5. The zero-order valence-corrected chi connectivity index (χ0v) is 16.4. The predicted molar refractivity (Wildman–Crippen MR) is 104 cm³/mol. The summed E-state index contributed by atoms with van der Waals surface area (Å²) in [4.78, 5) is 27.4. The molecule has 0 saturated carbocycles. The second kappa shape index (κ2) is 7.43. The van der Waals surface area contributed by atoms with Crippen LogP contribution in [0.4, 0.5) is 5.82 Å². The van der Waals surface area contributed by atoms with Crippen LogP contribution >= 0.6 is 0 Å². The van der Waals surface area contributed by atoms with Crippen molar-refractivity contribution < 1.29 is 33.1 Å². The molecule has 0 fully saturated rings. The lowest BCUT2D eigenvalue weighted by molar-refractivity contribution is -0.117. The Bertz CT molecular complexity index is 1140. The van der Waals surface area contributed by atoms with Gasteiger partial charge in [-0.05, 0) is 37.3 Å². The first kappa shape index (κ1) is 19.3. The largest absolute Gasteiger partial charge is 0.503 e. The highest BCUT2D eigenvalue weighted by atomic mass is 16.5. The van der Waals surface area contributed by atoms with Crippen molar-refractivity contribution in [3.8, 4) is 11.5 Å². The highest BCUT2D eigenvalue weighted by Crippen LogP contribution is 2.45. The van der Waals surface area contributed by atoms with E-state index in [1.165, 1.54) is 37.5 Å². The van der Waals surface area contributed by atoms with Crippen molar-refractivity contribution in [3.05, 3.63) is 71.1 Å². The van der Waals surface area contributed by atoms with Crippen molar-refractivity contribution in [2.75, 3.05) is 19.1 Å². The Morgan fingerprint density at radius 3 is 2.60 bits per heavy atom. The fourth-order valence-corrected chi connectivity index (χ4v) is 3.43. The maximum Gasteiger partial charge on any atom is 0.295 e. The van der Waals surface area contributed by atoms with Gasteiger partial charge in [-0.25, -0.2) is 0 Å². The Hall–Kier alpha value is -4.01.